The average Bonchev–Trinajstić information content (AvgIpc) is 2.55. The molecule has 0 radical (unpaired) electrons. The predicted octanol–water partition coefficient (Wildman–Crippen LogP) is 0.660. The SMILES string of the molecule is O=C(c1ccc(C#CCCO)cn1)N1CCC(CO)CC1. The van der Waals surface area contributed by atoms with Gasteiger partial charge in [0.1, 0.15) is 5.69 Å². The third kappa shape index (κ3) is 4.28. The summed E-state index contributed by atoms with van der Waals surface area (Å²) in [6, 6.07) is 3.45. The number of carbonyl (C=O) groups is 1. The van der Waals surface area contributed by atoms with Crippen molar-refractivity contribution in [3.05, 3.63) is 29.6 Å². The number of aliphatic hydroxyl groups excluding tert-OH is 2. The van der Waals surface area contributed by atoms with Crippen LogP contribution in [-0.4, -0.2) is 52.3 Å². The second-order valence-electron chi connectivity index (χ2n) is 5.13. The highest BCUT2D eigenvalue weighted by Crippen LogP contribution is 2.17. The number of carbonyl (C=O) groups excluding carboxylic acids is 1. The summed E-state index contributed by atoms with van der Waals surface area (Å²) in [5, 5.41) is 17.8. The molecule has 112 valence electrons. The Balaban J connectivity index is 1.96. The first kappa shape index (κ1) is 15.5. The van der Waals surface area contributed by atoms with Crippen LogP contribution in [0.25, 0.3) is 0 Å². The summed E-state index contributed by atoms with van der Waals surface area (Å²) in [5.41, 5.74) is 1.16. The molecule has 1 aromatic heterocycles. The van der Waals surface area contributed by atoms with Gasteiger partial charge in [0.05, 0.1) is 6.61 Å². The summed E-state index contributed by atoms with van der Waals surface area (Å²) in [5.74, 6) is 5.94. The van der Waals surface area contributed by atoms with Crippen LogP contribution in [0.15, 0.2) is 18.3 Å². The lowest BCUT2D eigenvalue weighted by molar-refractivity contribution is 0.0645. The molecular weight excluding hydrogens is 268 g/mol. The molecule has 0 aromatic carbocycles. The molecule has 1 amide bonds. The van der Waals surface area contributed by atoms with E-state index < -0.39 is 0 Å². The van der Waals surface area contributed by atoms with E-state index in [0.717, 1.165) is 18.4 Å². The topological polar surface area (TPSA) is 73.7 Å². The first-order valence-electron chi connectivity index (χ1n) is 7.20. The Kier molecular flexibility index (Phi) is 5.73. The molecule has 5 heteroatoms. The van der Waals surface area contributed by atoms with Crippen LogP contribution < -0.4 is 0 Å². The molecule has 1 aliphatic heterocycles. The average molecular weight is 288 g/mol. The lowest BCUT2D eigenvalue weighted by atomic mass is 9.98. The van der Waals surface area contributed by atoms with E-state index in [1.54, 1.807) is 23.2 Å². The van der Waals surface area contributed by atoms with Gasteiger partial charge in [-0.2, -0.15) is 0 Å². The Morgan fingerprint density at radius 3 is 2.67 bits per heavy atom. The number of hydrogen-bond acceptors (Lipinski definition) is 4. The largest absolute Gasteiger partial charge is 0.396 e. The highest BCUT2D eigenvalue weighted by molar-refractivity contribution is 5.92. The van der Waals surface area contributed by atoms with E-state index >= 15 is 0 Å². The van der Waals surface area contributed by atoms with E-state index in [9.17, 15) is 4.79 Å². The molecule has 0 aliphatic carbocycles. The van der Waals surface area contributed by atoms with E-state index in [4.69, 9.17) is 10.2 Å². The zero-order valence-corrected chi connectivity index (χ0v) is 12.0. The molecule has 5 nitrogen and oxygen atoms in total. The van der Waals surface area contributed by atoms with Gasteiger partial charge in [0.2, 0.25) is 0 Å². The van der Waals surface area contributed by atoms with Crippen LogP contribution in [0.1, 0.15) is 35.3 Å². The standard InChI is InChI=1S/C16H20N2O3/c19-10-2-1-3-13-4-5-15(17-11-13)16(21)18-8-6-14(12-20)7-9-18/h4-5,11,14,19-20H,2,6-10,12H2. The summed E-state index contributed by atoms with van der Waals surface area (Å²) in [6.45, 7) is 1.58. The molecule has 0 spiro atoms. The van der Waals surface area contributed by atoms with Crippen LogP contribution in [0.4, 0.5) is 0 Å². The molecular formula is C16H20N2O3. The maximum Gasteiger partial charge on any atom is 0.272 e. The highest BCUT2D eigenvalue weighted by atomic mass is 16.3. The normalized spacial score (nSPS) is 15.4. The molecule has 1 aliphatic rings. The van der Waals surface area contributed by atoms with Crippen molar-refractivity contribution < 1.29 is 15.0 Å². The van der Waals surface area contributed by atoms with Gasteiger partial charge >= 0.3 is 0 Å². The van der Waals surface area contributed by atoms with Gasteiger partial charge in [-0.05, 0) is 30.9 Å². The number of likely N-dealkylation sites (tertiary alicyclic amines) is 1. The molecule has 21 heavy (non-hydrogen) atoms. The minimum absolute atomic E-state index is 0.0425. The number of rotatable bonds is 3. The van der Waals surface area contributed by atoms with Crippen molar-refractivity contribution in [2.24, 2.45) is 5.92 Å². The van der Waals surface area contributed by atoms with Crippen LogP contribution >= 0.6 is 0 Å². The maximum absolute atomic E-state index is 12.3. The highest BCUT2D eigenvalue weighted by Gasteiger charge is 2.23. The third-order valence-corrected chi connectivity index (χ3v) is 3.61. The number of amides is 1. The monoisotopic (exact) mass is 288 g/mol. The fourth-order valence-corrected chi connectivity index (χ4v) is 2.30. The van der Waals surface area contributed by atoms with Gasteiger partial charge in [0, 0.05) is 37.9 Å². The molecule has 0 atom stereocenters. The van der Waals surface area contributed by atoms with Gasteiger partial charge in [-0.15, -0.1) is 0 Å². The molecule has 2 N–H and O–H groups in total. The summed E-state index contributed by atoms with van der Waals surface area (Å²) >= 11 is 0. The van der Waals surface area contributed by atoms with Crippen LogP contribution in [0.5, 0.6) is 0 Å². The third-order valence-electron chi connectivity index (χ3n) is 3.61. The van der Waals surface area contributed by atoms with Gasteiger partial charge in [0.15, 0.2) is 0 Å². The van der Waals surface area contributed by atoms with Crippen molar-refractivity contribution >= 4 is 5.91 Å². The van der Waals surface area contributed by atoms with E-state index in [1.807, 2.05) is 0 Å². The van der Waals surface area contributed by atoms with E-state index in [1.165, 1.54) is 0 Å². The second kappa shape index (κ2) is 7.77. The van der Waals surface area contributed by atoms with Crippen molar-refractivity contribution in [2.45, 2.75) is 19.3 Å². The molecule has 1 fully saturated rings. The maximum atomic E-state index is 12.3. The first-order valence-corrected chi connectivity index (χ1v) is 7.20. The Hall–Kier alpha value is -1.90. The molecule has 1 saturated heterocycles. The fraction of sp³-hybridized carbons (Fsp3) is 0.500. The molecule has 0 unspecified atom stereocenters. The lowest BCUT2D eigenvalue weighted by Gasteiger charge is -2.30. The molecule has 0 saturated carbocycles. The van der Waals surface area contributed by atoms with Gasteiger partial charge in [-0.25, -0.2) is 4.98 Å². The summed E-state index contributed by atoms with van der Waals surface area (Å²) in [6.07, 6.45) is 3.69. The number of aromatic nitrogens is 1. The first-order chi connectivity index (χ1) is 10.2. The number of aliphatic hydroxyl groups is 2. The van der Waals surface area contributed by atoms with Crippen molar-refractivity contribution in [1.82, 2.24) is 9.88 Å². The zero-order chi connectivity index (χ0) is 15.1. The minimum atomic E-state index is -0.0683. The van der Waals surface area contributed by atoms with Crippen LogP contribution in [-0.2, 0) is 0 Å². The Morgan fingerprint density at radius 1 is 1.33 bits per heavy atom. The van der Waals surface area contributed by atoms with Crippen molar-refractivity contribution in [2.75, 3.05) is 26.3 Å². The Bertz CT molecular complexity index is 523. The fourth-order valence-electron chi connectivity index (χ4n) is 2.30. The van der Waals surface area contributed by atoms with E-state index in [-0.39, 0.29) is 19.1 Å². The van der Waals surface area contributed by atoms with Gasteiger partial charge < -0.3 is 15.1 Å². The van der Waals surface area contributed by atoms with Crippen molar-refractivity contribution in [3.8, 4) is 11.8 Å². The second-order valence-corrected chi connectivity index (χ2v) is 5.13. The lowest BCUT2D eigenvalue weighted by Crippen LogP contribution is -2.39. The summed E-state index contributed by atoms with van der Waals surface area (Å²) in [4.78, 5) is 18.2. The van der Waals surface area contributed by atoms with Gasteiger partial charge in [-0.3, -0.25) is 4.79 Å². The molecule has 2 rings (SSSR count). The number of hydrogen-bond donors (Lipinski definition) is 2. The number of piperidine rings is 1. The van der Waals surface area contributed by atoms with Crippen LogP contribution in [0, 0.1) is 17.8 Å². The van der Waals surface area contributed by atoms with E-state index in [0.29, 0.717) is 31.1 Å². The van der Waals surface area contributed by atoms with Crippen molar-refractivity contribution in [3.63, 3.8) is 0 Å². The number of nitrogens with zero attached hydrogens (tertiary/aromatic N) is 2. The molecule has 2 heterocycles. The van der Waals surface area contributed by atoms with Crippen LogP contribution in [0.3, 0.4) is 0 Å². The number of pyridine rings is 1. The van der Waals surface area contributed by atoms with Gasteiger partial charge in [0.25, 0.3) is 5.91 Å². The van der Waals surface area contributed by atoms with Gasteiger partial charge in [-0.1, -0.05) is 11.8 Å². The van der Waals surface area contributed by atoms with Crippen molar-refractivity contribution in [1.29, 1.82) is 0 Å². The molecule has 0 bridgehead atoms. The van der Waals surface area contributed by atoms with Crippen LogP contribution in [0.2, 0.25) is 0 Å². The molecule has 1 aromatic rings. The quantitative estimate of drug-likeness (QED) is 0.801. The summed E-state index contributed by atoms with van der Waals surface area (Å²) in [7, 11) is 0. The smallest absolute Gasteiger partial charge is 0.272 e. The Labute approximate surface area is 124 Å². The zero-order valence-electron chi connectivity index (χ0n) is 12.0. The predicted molar refractivity (Wildman–Crippen MR) is 78.5 cm³/mol. The summed E-state index contributed by atoms with van der Waals surface area (Å²) < 4.78 is 0. The minimum Gasteiger partial charge on any atom is -0.396 e. The Morgan fingerprint density at radius 2 is 2.10 bits per heavy atom. The van der Waals surface area contributed by atoms with E-state index in [2.05, 4.69) is 16.8 Å².